The van der Waals surface area contributed by atoms with E-state index in [-0.39, 0.29) is 18.3 Å². The van der Waals surface area contributed by atoms with Crippen molar-refractivity contribution < 1.29 is 34.1 Å². The molecule has 44 heavy (non-hydrogen) atoms. The first-order valence-corrected chi connectivity index (χ1v) is 16.6. The summed E-state index contributed by atoms with van der Waals surface area (Å²) in [6.07, 6.45) is 3.14. The summed E-state index contributed by atoms with van der Waals surface area (Å²) in [6, 6.07) is 7.75. The molecule has 1 heterocycles. The van der Waals surface area contributed by atoms with Gasteiger partial charge in [-0.1, -0.05) is 90.1 Å². The zero-order valence-corrected chi connectivity index (χ0v) is 27.1. The van der Waals surface area contributed by atoms with E-state index in [9.17, 15) is 24.6 Å². The average molecular weight is 618 g/mol. The molecule has 3 rings (SSSR count). The van der Waals surface area contributed by atoms with Crippen LogP contribution < -0.4 is 10.6 Å². The van der Waals surface area contributed by atoms with Crippen LogP contribution in [0.1, 0.15) is 84.6 Å². The summed E-state index contributed by atoms with van der Waals surface area (Å²) < 4.78 is 11.1. The number of benzene rings is 1. The number of carbonyl (C=O) groups is 3. The third-order valence-electron chi connectivity index (χ3n) is 8.57. The fourth-order valence-electron chi connectivity index (χ4n) is 6.17. The molecule has 1 aromatic rings. The van der Waals surface area contributed by atoms with Crippen molar-refractivity contribution in [1.82, 2.24) is 15.5 Å². The summed E-state index contributed by atoms with van der Waals surface area (Å²) in [5.74, 6) is -0.367. The molecule has 1 aromatic carbocycles. The first-order chi connectivity index (χ1) is 21.0. The summed E-state index contributed by atoms with van der Waals surface area (Å²) in [5, 5.41) is 27.9. The molecule has 3 amide bonds. The van der Waals surface area contributed by atoms with E-state index in [1.165, 1.54) is 11.3 Å². The highest BCUT2D eigenvalue weighted by Gasteiger charge is 2.35. The first kappa shape index (κ1) is 35.8. The maximum absolute atomic E-state index is 13.8. The van der Waals surface area contributed by atoms with Gasteiger partial charge in [0.1, 0.15) is 12.1 Å². The number of nitrogens with one attached hydrogen (secondary N) is 2. The van der Waals surface area contributed by atoms with Gasteiger partial charge >= 0.3 is 6.09 Å². The van der Waals surface area contributed by atoms with Crippen LogP contribution in [0.3, 0.4) is 0 Å². The van der Waals surface area contributed by atoms with Crippen molar-refractivity contribution in [3.8, 4) is 0 Å². The van der Waals surface area contributed by atoms with Gasteiger partial charge in [-0.2, -0.15) is 0 Å². The molecule has 1 saturated carbocycles. The molecule has 248 valence electrons. The quantitative estimate of drug-likeness (QED) is 0.235. The molecule has 5 atom stereocenters. The number of nitrogens with zero attached hydrogens (tertiary/aromatic N) is 1. The van der Waals surface area contributed by atoms with Crippen LogP contribution in [0.15, 0.2) is 30.3 Å². The average Bonchev–Trinajstić information content (AvgIpc) is 3.00. The lowest BCUT2D eigenvalue weighted by Crippen LogP contribution is -2.57. The van der Waals surface area contributed by atoms with E-state index in [0.29, 0.717) is 51.5 Å². The van der Waals surface area contributed by atoms with Crippen LogP contribution in [0.25, 0.3) is 0 Å². The molecule has 4 N–H and O–H groups in total. The van der Waals surface area contributed by atoms with E-state index >= 15 is 0 Å². The van der Waals surface area contributed by atoms with Crippen LogP contribution in [-0.2, 0) is 25.5 Å². The number of morpholine rings is 1. The lowest BCUT2D eigenvalue weighted by molar-refractivity contribution is -0.135. The van der Waals surface area contributed by atoms with Crippen molar-refractivity contribution in [2.45, 2.75) is 116 Å². The lowest BCUT2D eigenvalue weighted by atomic mass is 9.82. The molecule has 0 aromatic heterocycles. The Morgan fingerprint density at radius 1 is 0.909 bits per heavy atom. The van der Waals surface area contributed by atoms with Gasteiger partial charge < -0.3 is 35.2 Å². The molecular weight excluding hydrogens is 562 g/mol. The zero-order valence-electron chi connectivity index (χ0n) is 27.1. The highest BCUT2D eigenvalue weighted by atomic mass is 16.6. The smallest absolute Gasteiger partial charge is 0.410 e. The van der Waals surface area contributed by atoms with Gasteiger partial charge in [-0.25, -0.2) is 4.79 Å². The molecule has 1 aliphatic heterocycles. The van der Waals surface area contributed by atoms with E-state index < -0.39 is 48.3 Å². The SMILES string of the molecule is CC(C)CC(NC(=O)[C@H](Cc1ccccc1)OC(=O)N1CCOCC1)C(=O)NC(CC1CCCCC1)[C@@H](O)[C@@H](O)CC(C)C. The minimum Gasteiger partial charge on any atom is -0.436 e. The predicted molar refractivity (Wildman–Crippen MR) is 169 cm³/mol. The van der Waals surface area contributed by atoms with Crippen molar-refractivity contribution in [1.29, 1.82) is 0 Å². The molecular formula is C34H55N3O7. The van der Waals surface area contributed by atoms with E-state index in [0.717, 1.165) is 31.2 Å². The summed E-state index contributed by atoms with van der Waals surface area (Å²) in [5.41, 5.74) is 0.821. The normalized spacial score (nSPS) is 19.6. The minimum atomic E-state index is -1.15. The van der Waals surface area contributed by atoms with Gasteiger partial charge in [0, 0.05) is 19.5 Å². The van der Waals surface area contributed by atoms with Crippen LogP contribution in [0.4, 0.5) is 4.79 Å². The number of hydrogen-bond acceptors (Lipinski definition) is 7. The van der Waals surface area contributed by atoms with Gasteiger partial charge in [-0.15, -0.1) is 0 Å². The molecule has 10 heteroatoms. The van der Waals surface area contributed by atoms with E-state index in [4.69, 9.17) is 9.47 Å². The highest BCUT2D eigenvalue weighted by molar-refractivity contribution is 5.90. The van der Waals surface area contributed by atoms with Crippen molar-refractivity contribution in [2.75, 3.05) is 26.3 Å². The molecule has 1 aliphatic carbocycles. The largest absolute Gasteiger partial charge is 0.436 e. The van der Waals surface area contributed by atoms with Crippen LogP contribution in [-0.4, -0.2) is 89.7 Å². The van der Waals surface area contributed by atoms with Crippen molar-refractivity contribution in [3.05, 3.63) is 35.9 Å². The monoisotopic (exact) mass is 617 g/mol. The highest BCUT2D eigenvalue weighted by Crippen LogP contribution is 2.29. The second-order valence-electron chi connectivity index (χ2n) is 13.4. The van der Waals surface area contributed by atoms with E-state index in [1.807, 2.05) is 58.0 Å². The Kier molecular flexibility index (Phi) is 14.9. The van der Waals surface area contributed by atoms with E-state index in [1.54, 1.807) is 0 Å². The molecule has 2 fully saturated rings. The molecule has 2 unspecified atom stereocenters. The topological polar surface area (TPSA) is 137 Å². The lowest BCUT2D eigenvalue weighted by Gasteiger charge is -2.34. The molecule has 1 saturated heterocycles. The Labute approximate surface area is 263 Å². The third kappa shape index (κ3) is 12.0. The summed E-state index contributed by atoms with van der Waals surface area (Å²) >= 11 is 0. The van der Waals surface area contributed by atoms with Gasteiger partial charge in [0.2, 0.25) is 5.91 Å². The first-order valence-electron chi connectivity index (χ1n) is 16.6. The standard InChI is InChI=1S/C34H55N3O7/c1-23(2)19-28(32(40)35-27(21-25-11-7-5-8-12-25)31(39)29(38)20-24(3)4)36-33(41)30(22-26-13-9-6-10-14-26)44-34(42)37-15-17-43-18-16-37/h6,9-10,13-14,23-25,27-31,38-39H,5,7-8,11-12,15-22H2,1-4H3,(H,35,40)(H,36,41)/t27?,28?,29-,30-,31+/m0/s1. The number of hydrogen-bond donors (Lipinski definition) is 4. The van der Waals surface area contributed by atoms with E-state index in [2.05, 4.69) is 10.6 Å². The van der Waals surface area contributed by atoms with Gasteiger partial charge in [0.15, 0.2) is 6.10 Å². The Balaban J connectivity index is 1.77. The number of aliphatic hydroxyl groups excluding tert-OH is 2. The summed E-state index contributed by atoms with van der Waals surface area (Å²) in [7, 11) is 0. The summed E-state index contributed by atoms with van der Waals surface area (Å²) in [4.78, 5) is 42.1. The minimum absolute atomic E-state index is 0.0720. The Hall–Kier alpha value is -2.69. The van der Waals surface area contributed by atoms with Crippen LogP contribution in [0.5, 0.6) is 0 Å². The maximum Gasteiger partial charge on any atom is 0.410 e. The number of carbonyl (C=O) groups excluding carboxylic acids is 3. The second-order valence-corrected chi connectivity index (χ2v) is 13.4. The number of amides is 3. The zero-order chi connectivity index (χ0) is 32.1. The Bertz CT molecular complexity index is 1010. The van der Waals surface area contributed by atoms with Crippen LogP contribution in [0, 0.1) is 17.8 Å². The molecule has 10 nitrogen and oxygen atoms in total. The number of rotatable bonds is 15. The second kappa shape index (κ2) is 18.3. The molecule has 0 radical (unpaired) electrons. The van der Waals surface area contributed by atoms with Gasteiger partial charge in [0.25, 0.3) is 5.91 Å². The van der Waals surface area contributed by atoms with Crippen molar-refractivity contribution in [2.24, 2.45) is 17.8 Å². The fourth-order valence-corrected chi connectivity index (χ4v) is 6.17. The number of ether oxygens (including phenoxy) is 2. The Morgan fingerprint density at radius 2 is 1.55 bits per heavy atom. The van der Waals surface area contributed by atoms with Crippen molar-refractivity contribution >= 4 is 17.9 Å². The van der Waals surface area contributed by atoms with Gasteiger partial charge in [-0.3, -0.25) is 9.59 Å². The summed E-state index contributed by atoms with van der Waals surface area (Å²) in [6.45, 7) is 9.46. The maximum atomic E-state index is 13.8. The number of aliphatic hydroxyl groups is 2. The third-order valence-corrected chi connectivity index (χ3v) is 8.57. The van der Waals surface area contributed by atoms with Crippen LogP contribution >= 0.6 is 0 Å². The molecule has 0 bridgehead atoms. The molecule has 0 spiro atoms. The van der Waals surface area contributed by atoms with Crippen LogP contribution in [0.2, 0.25) is 0 Å². The fraction of sp³-hybridized carbons (Fsp3) is 0.735. The Morgan fingerprint density at radius 3 is 2.16 bits per heavy atom. The van der Waals surface area contributed by atoms with Crippen molar-refractivity contribution in [3.63, 3.8) is 0 Å². The van der Waals surface area contributed by atoms with Gasteiger partial charge in [0.05, 0.1) is 25.4 Å². The molecule has 2 aliphatic rings. The van der Waals surface area contributed by atoms with Gasteiger partial charge in [-0.05, 0) is 42.6 Å². The predicted octanol–water partition coefficient (Wildman–Crippen LogP) is 3.82.